The van der Waals surface area contributed by atoms with Gasteiger partial charge in [0.05, 0.1) is 11.5 Å². The maximum atomic E-state index is 11.2. The lowest BCUT2D eigenvalue weighted by Gasteiger charge is -2.10. The van der Waals surface area contributed by atoms with E-state index in [1.807, 2.05) is 53.3 Å². The van der Waals surface area contributed by atoms with Crippen LogP contribution in [0, 0.1) is 6.92 Å². The molecule has 1 aromatic carbocycles. The molecule has 2 N–H and O–H groups in total. The second-order valence-corrected chi connectivity index (χ2v) is 7.62. The van der Waals surface area contributed by atoms with Crippen molar-refractivity contribution >= 4 is 29.0 Å². The lowest BCUT2D eigenvalue weighted by atomic mass is 10.2. The number of aryl methyl sites for hydroxylation is 1. The fourth-order valence-corrected chi connectivity index (χ4v) is 3.91. The molecule has 0 atom stereocenters. The Bertz CT molecular complexity index is 862. The lowest BCUT2D eigenvalue weighted by molar-refractivity contribution is -0.118. The molecular weight excluding hydrogens is 368 g/mol. The molecule has 0 radical (unpaired) electrons. The third-order valence-electron chi connectivity index (χ3n) is 3.71. The number of carbonyl (C=O) groups excluding carboxylic acids is 1. The Morgan fingerprint density at radius 1 is 1.27 bits per heavy atom. The molecule has 2 heterocycles. The van der Waals surface area contributed by atoms with Crippen molar-refractivity contribution < 1.29 is 9.53 Å². The van der Waals surface area contributed by atoms with E-state index in [-0.39, 0.29) is 12.3 Å². The minimum atomic E-state index is -0.338. The number of nitrogens with zero attached hydrogens (tertiary/aromatic N) is 3. The fourth-order valence-electron chi connectivity index (χ4n) is 2.41. The van der Waals surface area contributed by atoms with Gasteiger partial charge in [0.1, 0.15) is 5.75 Å². The molecule has 0 fully saturated rings. The predicted molar refractivity (Wildman–Crippen MR) is 105 cm³/mol. The van der Waals surface area contributed by atoms with Gasteiger partial charge in [0.15, 0.2) is 11.0 Å². The Morgan fingerprint density at radius 3 is 2.85 bits per heavy atom. The second-order valence-electron chi connectivity index (χ2n) is 5.61. The number of primary amides is 1. The molecule has 26 heavy (non-hydrogen) atoms. The highest BCUT2D eigenvalue weighted by Crippen LogP contribution is 2.27. The minimum Gasteiger partial charge on any atom is -0.492 e. The summed E-state index contributed by atoms with van der Waals surface area (Å²) in [6.07, 6.45) is 0.254. The Balaban J connectivity index is 1.65. The summed E-state index contributed by atoms with van der Waals surface area (Å²) in [4.78, 5) is 12.2. The molecule has 0 aliphatic heterocycles. The highest BCUT2D eigenvalue weighted by molar-refractivity contribution is 7.99. The number of thioether (sulfide) groups is 1. The Labute approximate surface area is 160 Å². The van der Waals surface area contributed by atoms with E-state index in [1.54, 1.807) is 23.1 Å². The monoisotopic (exact) mass is 388 g/mol. The molecule has 3 aromatic rings. The van der Waals surface area contributed by atoms with Crippen LogP contribution in [0.2, 0.25) is 0 Å². The number of ether oxygens (including phenoxy) is 1. The Morgan fingerprint density at radius 2 is 2.12 bits per heavy atom. The number of hydrogen-bond acceptors (Lipinski definition) is 6. The van der Waals surface area contributed by atoms with Crippen LogP contribution >= 0.6 is 23.1 Å². The normalized spacial score (nSPS) is 10.8. The maximum Gasteiger partial charge on any atom is 0.219 e. The number of nitrogens with two attached hydrogens (primary N) is 1. The standard InChI is InChI=1S/C18H20N4O2S2/c1-13-5-2-3-6-14(13)24-10-12-26-18-21-20-17(15-7-4-11-25-15)22(18)9-8-16(19)23/h2-7,11H,8-10,12H2,1H3,(H2,19,23). The minimum absolute atomic E-state index is 0.254. The van der Waals surface area contributed by atoms with E-state index < -0.39 is 0 Å². The van der Waals surface area contributed by atoms with Crippen LogP contribution in [0.5, 0.6) is 5.75 Å². The van der Waals surface area contributed by atoms with Crippen molar-refractivity contribution in [3.05, 3.63) is 47.3 Å². The molecule has 0 aliphatic rings. The molecule has 8 heteroatoms. The largest absolute Gasteiger partial charge is 0.492 e. The molecule has 0 saturated heterocycles. The van der Waals surface area contributed by atoms with Crippen LogP contribution in [0.25, 0.3) is 10.7 Å². The molecule has 0 bridgehead atoms. The van der Waals surface area contributed by atoms with Gasteiger partial charge in [-0.15, -0.1) is 21.5 Å². The molecular formula is C18H20N4O2S2. The van der Waals surface area contributed by atoms with Crippen LogP contribution in [-0.2, 0) is 11.3 Å². The summed E-state index contributed by atoms with van der Waals surface area (Å²) in [5, 5.41) is 11.3. The quantitative estimate of drug-likeness (QED) is 0.449. The first-order valence-electron chi connectivity index (χ1n) is 8.22. The van der Waals surface area contributed by atoms with Crippen molar-refractivity contribution in [1.29, 1.82) is 0 Å². The highest BCUT2D eigenvalue weighted by Gasteiger charge is 2.15. The zero-order chi connectivity index (χ0) is 18.4. The van der Waals surface area contributed by atoms with Crippen molar-refractivity contribution in [2.45, 2.75) is 25.0 Å². The number of amides is 1. The van der Waals surface area contributed by atoms with E-state index in [0.717, 1.165) is 32.9 Å². The zero-order valence-electron chi connectivity index (χ0n) is 14.4. The van der Waals surface area contributed by atoms with Gasteiger partial charge in [0, 0.05) is 18.7 Å². The summed E-state index contributed by atoms with van der Waals surface area (Å²) in [5.74, 6) is 2.05. The van der Waals surface area contributed by atoms with Gasteiger partial charge in [-0.25, -0.2) is 0 Å². The molecule has 136 valence electrons. The smallest absolute Gasteiger partial charge is 0.219 e. The molecule has 0 spiro atoms. The molecule has 3 rings (SSSR count). The molecule has 1 amide bonds. The van der Waals surface area contributed by atoms with Gasteiger partial charge >= 0.3 is 0 Å². The summed E-state index contributed by atoms with van der Waals surface area (Å²) in [6.45, 7) is 3.05. The van der Waals surface area contributed by atoms with Crippen LogP contribution in [0.4, 0.5) is 0 Å². The van der Waals surface area contributed by atoms with E-state index in [2.05, 4.69) is 10.2 Å². The fraction of sp³-hybridized carbons (Fsp3) is 0.278. The van der Waals surface area contributed by atoms with Crippen molar-refractivity contribution in [1.82, 2.24) is 14.8 Å². The van der Waals surface area contributed by atoms with Crippen molar-refractivity contribution in [2.24, 2.45) is 5.73 Å². The number of rotatable bonds is 9. The van der Waals surface area contributed by atoms with E-state index in [9.17, 15) is 4.79 Å². The number of aromatic nitrogens is 3. The summed E-state index contributed by atoms with van der Waals surface area (Å²) < 4.78 is 7.78. The van der Waals surface area contributed by atoms with Gasteiger partial charge in [-0.3, -0.25) is 4.79 Å². The van der Waals surface area contributed by atoms with Crippen molar-refractivity contribution in [3.8, 4) is 16.5 Å². The summed E-state index contributed by atoms with van der Waals surface area (Å²) in [6, 6.07) is 11.9. The zero-order valence-corrected chi connectivity index (χ0v) is 16.1. The summed E-state index contributed by atoms with van der Waals surface area (Å²) in [5.41, 5.74) is 6.42. The first-order chi connectivity index (χ1) is 12.6. The SMILES string of the molecule is Cc1ccccc1OCCSc1nnc(-c2cccs2)n1CCC(N)=O. The van der Waals surface area contributed by atoms with E-state index >= 15 is 0 Å². The van der Waals surface area contributed by atoms with Gasteiger partial charge in [-0.1, -0.05) is 36.0 Å². The van der Waals surface area contributed by atoms with Crippen LogP contribution in [0.15, 0.2) is 46.9 Å². The number of para-hydroxylation sites is 1. The predicted octanol–water partition coefficient (Wildman–Crippen LogP) is 3.36. The van der Waals surface area contributed by atoms with Crippen molar-refractivity contribution in [3.63, 3.8) is 0 Å². The maximum absolute atomic E-state index is 11.2. The van der Waals surface area contributed by atoms with Crippen LogP contribution in [0.1, 0.15) is 12.0 Å². The van der Waals surface area contributed by atoms with Crippen LogP contribution < -0.4 is 10.5 Å². The molecule has 6 nitrogen and oxygen atoms in total. The average molecular weight is 389 g/mol. The topological polar surface area (TPSA) is 83.0 Å². The van der Waals surface area contributed by atoms with Crippen LogP contribution in [-0.4, -0.2) is 33.0 Å². The molecule has 2 aromatic heterocycles. The van der Waals surface area contributed by atoms with Gasteiger partial charge in [0.25, 0.3) is 0 Å². The van der Waals surface area contributed by atoms with Crippen molar-refractivity contribution in [2.75, 3.05) is 12.4 Å². The first kappa shape index (κ1) is 18.5. The Hall–Kier alpha value is -2.32. The average Bonchev–Trinajstić information content (AvgIpc) is 3.27. The number of benzene rings is 1. The molecule has 0 saturated carbocycles. The molecule has 0 unspecified atom stereocenters. The lowest BCUT2D eigenvalue weighted by Crippen LogP contribution is -2.15. The van der Waals surface area contributed by atoms with Gasteiger partial charge in [-0.2, -0.15) is 0 Å². The van der Waals surface area contributed by atoms with E-state index in [0.29, 0.717) is 13.2 Å². The summed E-state index contributed by atoms with van der Waals surface area (Å²) in [7, 11) is 0. The second kappa shape index (κ2) is 8.86. The molecule has 0 aliphatic carbocycles. The van der Waals surface area contributed by atoms with Crippen LogP contribution in [0.3, 0.4) is 0 Å². The number of thiophene rings is 1. The number of carbonyl (C=O) groups is 1. The van der Waals surface area contributed by atoms with Gasteiger partial charge < -0.3 is 15.0 Å². The van der Waals surface area contributed by atoms with Gasteiger partial charge in [-0.05, 0) is 30.0 Å². The first-order valence-corrected chi connectivity index (χ1v) is 10.1. The van der Waals surface area contributed by atoms with E-state index in [4.69, 9.17) is 10.5 Å². The van der Waals surface area contributed by atoms with Gasteiger partial charge in [0.2, 0.25) is 5.91 Å². The highest BCUT2D eigenvalue weighted by atomic mass is 32.2. The van der Waals surface area contributed by atoms with E-state index in [1.165, 1.54) is 0 Å². The number of hydrogen-bond donors (Lipinski definition) is 1. The third-order valence-corrected chi connectivity index (χ3v) is 5.50. The Kier molecular flexibility index (Phi) is 6.30. The summed E-state index contributed by atoms with van der Waals surface area (Å²) >= 11 is 3.15. The third kappa shape index (κ3) is 4.64.